The molecule has 0 saturated heterocycles. The Morgan fingerprint density at radius 3 is 1.82 bits per heavy atom. The second-order valence-electron chi connectivity index (χ2n) is 3.69. The summed E-state index contributed by atoms with van der Waals surface area (Å²) in [7, 11) is 0. The van der Waals surface area contributed by atoms with Crippen molar-refractivity contribution in [1.29, 1.82) is 5.26 Å². The van der Waals surface area contributed by atoms with Gasteiger partial charge < -0.3 is 0 Å². The molecule has 0 radical (unpaired) electrons. The summed E-state index contributed by atoms with van der Waals surface area (Å²) in [4.78, 5) is 11.1. The van der Waals surface area contributed by atoms with Gasteiger partial charge in [-0.15, -0.1) is 0 Å². The first kappa shape index (κ1) is 10.1. The van der Waals surface area contributed by atoms with Gasteiger partial charge >= 0.3 is 0 Å². The zero-order valence-electron chi connectivity index (χ0n) is 7.23. The predicted molar refractivity (Wildman–Crippen MR) is 39.6 cm³/mol. The SMILES string of the molecule is CC(C)(C)C(=O)C(C)(F)C#N. The largest absolute Gasteiger partial charge is 0.294 e. The Labute approximate surface area is 66.0 Å². The lowest BCUT2D eigenvalue weighted by Crippen LogP contribution is -2.37. The van der Waals surface area contributed by atoms with Crippen LogP contribution in [0.2, 0.25) is 0 Å². The number of carbonyl (C=O) groups is 1. The maximum atomic E-state index is 13.0. The molecule has 1 unspecified atom stereocenters. The molecule has 62 valence electrons. The van der Waals surface area contributed by atoms with Crippen LogP contribution in [0.1, 0.15) is 27.7 Å². The maximum Gasteiger partial charge on any atom is 0.251 e. The Hall–Kier alpha value is -0.910. The molecule has 0 aliphatic carbocycles. The molecule has 11 heavy (non-hydrogen) atoms. The van der Waals surface area contributed by atoms with E-state index in [-0.39, 0.29) is 0 Å². The van der Waals surface area contributed by atoms with E-state index in [0.29, 0.717) is 0 Å². The van der Waals surface area contributed by atoms with Gasteiger partial charge in [-0.25, -0.2) is 4.39 Å². The van der Waals surface area contributed by atoms with Gasteiger partial charge in [0.2, 0.25) is 0 Å². The summed E-state index contributed by atoms with van der Waals surface area (Å²) in [6, 6.07) is 1.33. The highest BCUT2D eigenvalue weighted by atomic mass is 19.1. The van der Waals surface area contributed by atoms with Crippen LogP contribution >= 0.6 is 0 Å². The molecule has 0 aliphatic rings. The molecular weight excluding hydrogens is 145 g/mol. The molecule has 0 aliphatic heterocycles. The Morgan fingerprint density at radius 1 is 1.36 bits per heavy atom. The topological polar surface area (TPSA) is 40.9 Å². The number of rotatable bonds is 1. The van der Waals surface area contributed by atoms with Gasteiger partial charge in [0.25, 0.3) is 5.67 Å². The molecule has 0 fully saturated rings. The van der Waals surface area contributed by atoms with Gasteiger partial charge in [0.1, 0.15) is 6.07 Å². The molecule has 0 saturated carbocycles. The van der Waals surface area contributed by atoms with Crippen molar-refractivity contribution in [2.45, 2.75) is 33.4 Å². The van der Waals surface area contributed by atoms with Gasteiger partial charge in [-0.05, 0) is 6.92 Å². The van der Waals surface area contributed by atoms with Crippen LogP contribution in [0, 0.1) is 16.7 Å². The summed E-state index contributed by atoms with van der Waals surface area (Å²) in [5.74, 6) is -0.674. The van der Waals surface area contributed by atoms with Crippen molar-refractivity contribution < 1.29 is 9.18 Å². The van der Waals surface area contributed by atoms with E-state index in [0.717, 1.165) is 6.92 Å². The highest BCUT2D eigenvalue weighted by Gasteiger charge is 2.40. The van der Waals surface area contributed by atoms with E-state index in [1.54, 1.807) is 20.8 Å². The summed E-state index contributed by atoms with van der Waals surface area (Å²) in [5.41, 5.74) is -3.14. The molecule has 0 aromatic rings. The van der Waals surface area contributed by atoms with Crippen molar-refractivity contribution in [2.75, 3.05) is 0 Å². The lowest BCUT2D eigenvalue weighted by atomic mass is 9.83. The Morgan fingerprint density at radius 2 is 1.73 bits per heavy atom. The highest BCUT2D eigenvalue weighted by Crippen LogP contribution is 2.24. The molecule has 0 spiro atoms. The van der Waals surface area contributed by atoms with Gasteiger partial charge in [-0.3, -0.25) is 4.79 Å². The first-order valence-electron chi connectivity index (χ1n) is 3.37. The van der Waals surface area contributed by atoms with Crippen molar-refractivity contribution in [2.24, 2.45) is 5.41 Å². The van der Waals surface area contributed by atoms with E-state index in [9.17, 15) is 9.18 Å². The molecular formula is C8H12FNO. The minimum atomic E-state index is -2.35. The molecule has 0 aromatic carbocycles. The quantitative estimate of drug-likeness (QED) is 0.582. The zero-order valence-corrected chi connectivity index (χ0v) is 7.23. The van der Waals surface area contributed by atoms with E-state index < -0.39 is 16.9 Å². The number of nitriles is 1. The van der Waals surface area contributed by atoms with E-state index in [4.69, 9.17) is 5.26 Å². The monoisotopic (exact) mass is 157 g/mol. The first-order chi connectivity index (χ1) is 4.72. The van der Waals surface area contributed by atoms with E-state index >= 15 is 0 Å². The number of halogens is 1. The van der Waals surface area contributed by atoms with Crippen LogP contribution in [0.25, 0.3) is 0 Å². The van der Waals surface area contributed by atoms with Crippen molar-refractivity contribution in [3.8, 4) is 6.07 Å². The van der Waals surface area contributed by atoms with Crippen LogP contribution in [0.15, 0.2) is 0 Å². The molecule has 1 atom stereocenters. The first-order valence-corrected chi connectivity index (χ1v) is 3.37. The second kappa shape index (κ2) is 2.61. The van der Waals surface area contributed by atoms with Crippen LogP contribution < -0.4 is 0 Å². The fourth-order valence-corrected chi connectivity index (χ4v) is 0.755. The number of hydrogen-bond acceptors (Lipinski definition) is 2. The summed E-state index contributed by atoms with van der Waals surface area (Å²) in [6.07, 6.45) is 0. The van der Waals surface area contributed by atoms with E-state index in [1.165, 1.54) is 6.07 Å². The van der Waals surface area contributed by atoms with Crippen molar-refractivity contribution in [3.63, 3.8) is 0 Å². The fourth-order valence-electron chi connectivity index (χ4n) is 0.755. The summed E-state index contributed by atoms with van der Waals surface area (Å²) < 4.78 is 13.0. The number of hydrogen-bond donors (Lipinski definition) is 0. The number of nitrogens with zero attached hydrogens (tertiary/aromatic N) is 1. The average molecular weight is 157 g/mol. The summed E-state index contributed by atoms with van der Waals surface area (Å²) in [5, 5.41) is 8.28. The van der Waals surface area contributed by atoms with Gasteiger partial charge in [-0.2, -0.15) is 5.26 Å². The van der Waals surface area contributed by atoms with Gasteiger partial charge in [0, 0.05) is 5.41 Å². The number of Topliss-reactive ketones (excluding diaryl/α,β-unsaturated/α-hetero) is 1. The smallest absolute Gasteiger partial charge is 0.251 e. The minimum absolute atomic E-state index is 0.674. The number of ketones is 1. The molecule has 0 heterocycles. The number of alkyl halides is 1. The van der Waals surface area contributed by atoms with Crippen LogP contribution in [0.3, 0.4) is 0 Å². The average Bonchev–Trinajstić information content (AvgIpc) is 1.84. The molecule has 0 aromatic heterocycles. The van der Waals surface area contributed by atoms with Gasteiger partial charge in [0.15, 0.2) is 5.78 Å². The van der Waals surface area contributed by atoms with Crippen LogP contribution in [0.5, 0.6) is 0 Å². The Balaban J connectivity index is 4.68. The zero-order chi connectivity index (χ0) is 9.28. The second-order valence-corrected chi connectivity index (χ2v) is 3.69. The molecule has 2 nitrogen and oxygen atoms in total. The standard InChI is InChI=1S/C8H12FNO/c1-7(2,3)6(11)8(4,9)5-10/h1-4H3. The van der Waals surface area contributed by atoms with Crippen molar-refractivity contribution in [1.82, 2.24) is 0 Å². The van der Waals surface area contributed by atoms with E-state index in [2.05, 4.69) is 0 Å². The molecule has 0 amide bonds. The third kappa shape index (κ3) is 2.30. The minimum Gasteiger partial charge on any atom is -0.294 e. The van der Waals surface area contributed by atoms with Crippen LogP contribution in [0.4, 0.5) is 4.39 Å². The van der Waals surface area contributed by atoms with Crippen LogP contribution in [-0.4, -0.2) is 11.5 Å². The fraction of sp³-hybridized carbons (Fsp3) is 0.750. The summed E-state index contributed by atoms with van der Waals surface area (Å²) >= 11 is 0. The molecule has 3 heteroatoms. The van der Waals surface area contributed by atoms with Gasteiger partial charge in [-0.1, -0.05) is 20.8 Å². The van der Waals surface area contributed by atoms with Gasteiger partial charge in [0.05, 0.1) is 0 Å². The van der Waals surface area contributed by atoms with Crippen LogP contribution in [-0.2, 0) is 4.79 Å². The van der Waals surface area contributed by atoms with Crippen molar-refractivity contribution >= 4 is 5.78 Å². The Bertz CT molecular complexity index is 207. The molecule has 0 N–H and O–H groups in total. The van der Waals surface area contributed by atoms with E-state index in [1.807, 2.05) is 0 Å². The predicted octanol–water partition coefficient (Wildman–Crippen LogP) is 1.85. The normalized spacial score (nSPS) is 16.7. The third-order valence-corrected chi connectivity index (χ3v) is 1.32. The van der Waals surface area contributed by atoms with Crippen molar-refractivity contribution in [3.05, 3.63) is 0 Å². The lowest BCUT2D eigenvalue weighted by Gasteiger charge is -2.21. The molecule has 0 rings (SSSR count). The molecule has 0 bridgehead atoms. The maximum absolute atomic E-state index is 13.0. The lowest BCUT2D eigenvalue weighted by molar-refractivity contribution is -0.134. The Kier molecular flexibility index (Phi) is 2.40. The number of carbonyl (C=O) groups excluding carboxylic acids is 1. The third-order valence-electron chi connectivity index (χ3n) is 1.32. The highest BCUT2D eigenvalue weighted by molar-refractivity contribution is 5.93. The summed E-state index contributed by atoms with van der Waals surface area (Å²) in [6.45, 7) is 5.75.